The Bertz CT molecular complexity index is 530. The molecule has 2 N–H and O–H groups in total. The van der Waals surface area contributed by atoms with Gasteiger partial charge in [0.2, 0.25) is 0 Å². The Hall–Kier alpha value is -2.21. The Morgan fingerprint density at radius 3 is 2.94 bits per heavy atom. The number of fused-ring (bicyclic) bond motifs is 1. The molecule has 0 bridgehead atoms. The molecule has 2 rings (SSSR count). The molecule has 0 saturated heterocycles. The highest BCUT2D eigenvalue weighted by atomic mass is 16.1. The van der Waals surface area contributed by atoms with Crippen LogP contribution in [0.4, 0.5) is 0 Å². The van der Waals surface area contributed by atoms with E-state index in [1.54, 1.807) is 6.92 Å². The van der Waals surface area contributed by atoms with Crippen LogP contribution in [0.2, 0.25) is 0 Å². The van der Waals surface area contributed by atoms with Crippen LogP contribution >= 0.6 is 0 Å². The molecule has 80 valence electrons. The predicted molar refractivity (Wildman–Crippen MR) is 64.1 cm³/mol. The predicted octanol–water partition coefficient (Wildman–Crippen LogP) is 1.92. The van der Waals surface area contributed by atoms with E-state index in [9.17, 15) is 4.79 Å². The molecule has 0 spiro atoms. The van der Waals surface area contributed by atoms with Crippen molar-refractivity contribution in [3.8, 4) is 12.3 Å². The third-order valence-electron chi connectivity index (χ3n) is 2.37. The average molecular weight is 212 g/mol. The molecular formula is C13H12N2O. The van der Waals surface area contributed by atoms with Gasteiger partial charge in [0.15, 0.2) is 0 Å². The van der Waals surface area contributed by atoms with Gasteiger partial charge in [-0.3, -0.25) is 4.79 Å². The summed E-state index contributed by atoms with van der Waals surface area (Å²) in [6.45, 7) is 1.76. The fourth-order valence-corrected chi connectivity index (χ4v) is 1.51. The molecule has 0 radical (unpaired) electrons. The Balaban J connectivity index is 2.27. The summed E-state index contributed by atoms with van der Waals surface area (Å²) in [6.07, 6.45) is 5.20. The molecule has 3 heteroatoms. The van der Waals surface area contributed by atoms with Gasteiger partial charge in [-0.2, -0.15) is 0 Å². The van der Waals surface area contributed by atoms with Crippen LogP contribution in [-0.4, -0.2) is 16.9 Å². The van der Waals surface area contributed by atoms with Crippen molar-refractivity contribution in [2.24, 2.45) is 0 Å². The van der Waals surface area contributed by atoms with Gasteiger partial charge in [-0.1, -0.05) is 24.1 Å². The summed E-state index contributed by atoms with van der Waals surface area (Å²) < 4.78 is 0. The third kappa shape index (κ3) is 1.91. The molecule has 1 heterocycles. The number of carbonyl (C=O) groups excluding carboxylic acids is 1. The number of H-pyrrole nitrogens is 1. The summed E-state index contributed by atoms with van der Waals surface area (Å²) in [7, 11) is 0. The molecule has 0 aliphatic heterocycles. The fourth-order valence-electron chi connectivity index (χ4n) is 1.51. The second-order valence-corrected chi connectivity index (χ2v) is 3.63. The summed E-state index contributed by atoms with van der Waals surface area (Å²) in [6, 6.07) is 9.28. The molecule has 0 aliphatic carbocycles. The van der Waals surface area contributed by atoms with Crippen LogP contribution in [-0.2, 0) is 0 Å². The zero-order chi connectivity index (χ0) is 11.5. The van der Waals surface area contributed by atoms with Crippen molar-refractivity contribution >= 4 is 16.8 Å². The highest BCUT2D eigenvalue weighted by Gasteiger charge is 2.10. The van der Waals surface area contributed by atoms with Gasteiger partial charge in [-0.25, -0.2) is 0 Å². The van der Waals surface area contributed by atoms with E-state index in [0.717, 1.165) is 10.9 Å². The summed E-state index contributed by atoms with van der Waals surface area (Å²) in [5.41, 5.74) is 1.48. The van der Waals surface area contributed by atoms with Gasteiger partial charge in [-0.15, -0.1) is 6.42 Å². The number of carbonyl (C=O) groups is 1. The topological polar surface area (TPSA) is 44.9 Å². The van der Waals surface area contributed by atoms with Crippen LogP contribution in [0.15, 0.2) is 30.3 Å². The molecular weight excluding hydrogens is 200 g/mol. The maximum atomic E-state index is 11.7. The van der Waals surface area contributed by atoms with Gasteiger partial charge in [0.25, 0.3) is 5.91 Å². The molecule has 0 saturated carbocycles. The first-order valence-corrected chi connectivity index (χ1v) is 5.05. The van der Waals surface area contributed by atoms with Gasteiger partial charge >= 0.3 is 0 Å². The van der Waals surface area contributed by atoms with Crippen LogP contribution in [0.3, 0.4) is 0 Å². The fraction of sp³-hybridized carbons (Fsp3) is 0.154. The van der Waals surface area contributed by atoms with E-state index < -0.39 is 0 Å². The Morgan fingerprint density at radius 2 is 2.25 bits per heavy atom. The molecule has 16 heavy (non-hydrogen) atoms. The summed E-state index contributed by atoms with van der Waals surface area (Å²) in [5, 5.41) is 3.72. The average Bonchev–Trinajstić information content (AvgIpc) is 2.72. The molecule has 0 fully saturated rings. The summed E-state index contributed by atoms with van der Waals surface area (Å²) >= 11 is 0. The lowest BCUT2D eigenvalue weighted by molar-refractivity contribution is 0.0944. The van der Waals surface area contributed by atoms with Gasteiger partial charge in [0.05, 0.1) is 6.04 Å². The van der Waals surface area contributed by atoms with E-state index in [0.29, 0.717) is 5.69 Å². The summed E-state index contributed by atoms with van der Waals surface area (Å²) in [5.74, 6) is 2.27. The number of rotatable bonds is 2. The number of terminal acetylenes is 1. The van der Waals surface area contributed by atoms with Crippen molar-refractivity contribution < 1.29 is 4.79 Å². The number of nitrogens with one attached hydrogen (secondary N) is 2. The molecule has 3 nitrogen and oxygen atoms in total. The Morgan fingerprint density at radius 1 is 1.50 bits per heavy atom. The maximum absolute atomic E-state index is 11.7. The molecule has 1 unspecified atom stereocenters. The van der Waals surface area contributed by atoms with Crippen molar-refractivity contribution in [2.45, 2.75) is 13.0 Å². The number of benzene rings is 1. The quantitative estimate of drug-likeness (QED) is 0.734. The van der Waals surface area contributed by atoms with E-state index in [1.165, 1.54) is 0 Å². The van der Waals surface area contributed by atoms with Crippen LogP contribution < -0.4 is 5.32 Å². The van der Waals surface area contributed by atoms with E-state index in [1.807, 2.05) is 30.3 Å². The number of para-hydroxylation sites is 1. The van der Waals surface area contributed by atoms with Crippen molar-refractivity contribution in [3.63, 3.8) is 0 Å². The second-order valence-electron chi connectivity index (χ2n) is 3.63. The number of aromatic nitrogens is 1. The first-order chi connectivity index (χ1) is 7.70. The van der Waals surface area contributed by atoms with Crippen molar-refractivity contribution in [2.75, 3.05) is 0 Å². The third-order valence-corrected chi connectivity index (χ3v) is 2.37. The zero-order valence-electron chi connectivity index (χ0n) is 8.95. The molecule has 1 amide bonds. The standard InChI is InChI=1S/C13H12N2O/c1-3-9(2)14-13(16)12-8-10-6-4-5-7-11(10)15-12/h1,4-9,15H,2H3,(H,14,16). The van der Waals surface area contributed by atoms with Crippen LogP contribution in [0.1, 0.15) is 17.4 Å². The smallest absolute Gasteiger partial charge is 0.268 e. The monoisotopic (exact) mass is 212 g/mol. The highest BCUT2D eigenvalue weighted by molar-refractivity contribution is 5.98. The highest BCUT2D eigenvalue weighted by Crippen LogP contribution is 2.14. The first kappa shape index (κ1) is 10.3. The minimum absolute atomic E-state index is 0.179. The minimum atomic E-state index is -0.265. The Labute approximate surface area is 93.9 Å². The van der Waals surface area contributed by atoms with Crippen molar-refractivity contribution in [3.05, 3.63) is 36.0 Å². The zero-order valence-corrected chi connectivity index (χ0v) is 8.95. The van der Waals surface area contributed by atoms with Gasteiger partial charge in [0.1, 0.15) is 5.69 Å². The largest absolute Gasteiger partial charge is 0.351 e. The minimum Gasteiger partial charge on any atom is -0.351 e. The van der Waals surface area contributed by atoms with Crippen LogP contribution in [0.25, 0.3) is 10.9 Å². The number of amides is 1. The molecule has 1 aromatic carbocycles. The lowest BCUT2D eigenvalue weighted by atomic mass is 10.2. The van der Waals surface area contributed by atoms with Crippen LogP contribution in [0.5, 0.6) is 0 Å². The van der Waals surface area contributed by atoms with Crippen molar-refractivity contribution in [1.29, 1.82) is 0 Å². The van der Waals surface area contributed by atoms with E-state index in [2.05, 4.69) is 16.2 Å². The molecule has 2 aromatic rings. The molecule has 1 aromatic heterocycles. The lowest BCUT2D eigenvalue weighted by Crippen LogP contribution is -2.31. The van der Waals surface area contributed by atoms with Gasteiger partial charge in [0, 0.05) is 10.9 Å². The lowest BCUT2D eigenvalue weighted by Gasteiger charge is -2.05. The van der Waals surface area contributed by atoms with E-state index in [4.69, 9.17) is 6.42 Å². The van der Waals surface area contributed by atoms with Crippen LogP contribution in [0, 0.1) is 12.3 Å². The van der Waals surface area contributed by atoms with Gasteiger partial charge < -0.3 is 10.3 Å². The molecule has 0 aliphatic rings. The van der Waals surface area contributed by atoms with Gasteiger partial charge in [-0.05, 0) is 19.1 Å². The first-order valence-electron chi connectivity index (χ1n) is 5.05. The molecule has 1 atom stereocenters. The normalized spacial score (nSPS) is 12.0. The van der Waals surface area contributed by atoms with E-state index in [-0.39, 0.29) is 11.9 Å². The summed E-state index contributed by atoms with van der Waals surface area (Å²) in [4.78, 5) is 14.8. The van der Waals surface area contributed by atoms with E-state index >= 15 is 0 Å². The second kappa shape index (κ2) is 4.11. The Kier molecular flexibility index (Phi) is 2.65. The number of aromatic amines is 1. The number of hydrogen-bond acceptors (Lipinski definition) is 1. The SMILES string of the molecule is C#CC(C)NC(=O)c1cc2ccccc2[nH]1. The maximum Gasteiger partial charge on any atom is 0.268 e. The van der Waals surface area contributed by atoms with Crippen molar-refractivity contribution in [1.82, 2.24) is 10.3 Å². The number of hydrogen-bond donors (Lipinski definition) is 2.